The Kier molecular flexibility index (Phi) is 22.1. The minimum absolute atomic E-state index is 0.0233. The van der Waals surface area contributed by atoms with Crippen LogP contribution in [-0.2, 0) is 44.2 Å². The smallest absolute Gasteiger partial charge is 0.312 e. The number of sulfonamides is 1. The maximum Gasteiger partial charge on any atom is 0.312 e. The quantitative estimate of drug-likeness (QED) is 0.0541. The molecule has 0 saturated heterocycles. The molecule has 2 aromatic rings. The van der Waals surface area contributed by atoms with Crippen LogP contribution in [0.3, 0.4) is 0 Å². The minimum Gasteiger partial charge on any atom is -0.352 e. The first-order valence-electron chi connectivity index (χ1n) is 23.5. The van der Waals surface area contributed by atoms with Crippen molar-refractivity contribution >= 4 is 57.2 Å². The third-order valence-electron chi connectivity index (χ3n) is 12.3. The standard InChI is InChI=1S/C50H79N9O9S/c1-16-21-39(60)56-40(30(4)5)45(63)55-36(24-20-27-53-48(51)66)44(62)54-35-25-26-38(33(8)32(35)7)69(67,68)58-43(61)31(6)28-37(29(2)3)59(15)47(65)42(49(9,10)11)57-46(64)41(52-14)50(12,13)34-22-18-17-19-23-34/h17-19,22-23,25-26,28-30,36-37,40-42,52H,16,20-21,24,27H2,1-15H3,(H,54,62)(H,55,63)(H,56,60)(H,57,64)(H,58,61)(H3,51,53,66)/b31-28+/t36-,37+,40?,41+,42?/m0/s1. The number of rotatable bonds is 24. The van der Waals surface area contributed by atoms with E-state index in [0.29, 0.717) is 12.0 Å². The highest BCUT2D eigenvalue weighted by molar-refractivity contribution is 7.90. The van der Waals surface area contributed by atoms with E-state index in [2.05, 4.69) is 36.6 Å². The maximum atomic E-state index is 14.4. The maximum absolute atomic E-state index is 14.4. The molecule has 0 heterocycles. The molecule has 69 heavy (non-hydrogen) atoms. The molecule has 9 N–H and O–H groups in total. The van der Waals surface area contributed by atoms with Gasteiger partial charge >= 0.3 is 6.03 Å². The summed E-state index contributed by atoms with van der Waals surface area (Å²) in [5.74, 6) is -3.77. The molecule has 18 nitrogen and oxygen atoms in total. The molecule has 384 valence electrons. The monoisotopic (exact) mass is 982 g/mol. The van der Waals surface area contributed by atoms with E-state index in [1.165, 1.54) is 37.0 Å². The van der Waals surface area contributed by atoms with Gasteiger partial charge in [0.15, 0.2) is 0 Å². The minimum atomic E-state index is -4.49. The SMILES string of the molecule is CCCC(=O)NC(C(=O)N[C@@H](CCCNC(N)=O)C(=O)Nc1ccc(S(=O)(=O)NC(=O)/C(C)=C/[C@H](C(C)C)N(C)C(=O)C(NC(=O)[C@@H](NC)C(C)(C)c2ccccc2)C(C)(C)C)c(C)c1C)C(C)C. The van der Waals surface area contributed by atoms with Crippen LogP contribution in [0, 0.1) is 31.1 Å². The number of hydrogen-bond acceptors (Lipinski definition) is 10. The van der Waals surface area contributed by atoms with Crippen LogP contribution in [-0.4, -0.2) is 106 Å². The van der Waals surface area contributed by atoms with E-state index in [0.717, 1.165) is 5.56 Å². The largest absolute Gasteiger partial charge is 0.352 e. The van der Waals surface area contributed by atoms with Crippen molar-refractivity contribution in [2.24, 2.45) is 23.0 Å². The lowest BCUT2D eigenvalue weighted by Crippen LogP contribution is -2.61. The third-order valence-corrected chi connectivity index (χ3v) is 13.8. The zero-order valence-corrected chi connectivity index (χ0v) is 44.1. The fraction of sp³-hybridized carbons (Fsp3) is 0.580. The predicted molar refractivity (Wildman–Crippen MR) is 269 cm³/mol. The number of carbonyl (C=O) groups is 7. The first-order valence-corrected chi connectivity index (χ1v) is 25.0. The zero-order valence-electron chi connectivity index (χ0n) is 43.3. The van der Waals surface area contributed by atoms with Gasteiger partial charge < -0.3 is 42.5 Å². The number of nitrogens with zero attached hydrogens (tertiary/aromatic N) is 1. The summed E-state index contributed by atoms with van der Waals surface area (Å²) in [7, 11) is -1.21. The summed E-state index contributed by atoms with van der Waals surface area (Å²) in [4.78, 5) is 94.2. The Bertz CT molecular complexity index is 2290. The van der Waals surface area contributed by atoms with Gasteiger partial charge in [-0.15, -0.1) is 0 Å². The van der Waals surface area contributed by atoms with Gasteiger partial charge in [-0.05, 0) is 93.2 Å². The average Bonchev–Trinajstić information content (AvgIpc) is 3.25. The van der Waals surface area contributed by atoms with Crippen molar-refractivity contribution in [2.45, 2.75) is 156 Å². The van der Waals surface area contributed by atoms with Crippen LogP contribution in [0.5, 0.6) is 0 Å². The molecular weight excluding hydrogens is 903 g/mol. The van der Waals surface area contributed by atoms with Gasteiger partial charge in [0.2, 0.25) is 29.5 Å². The second-order valence-electron chi connectivity index (χ2n) is 20.0. The van der Waals surface area contributed by atoms with Crippen molar-refractivity contribution < 1.29 is 42.0 Å². The van der Waals surface area contributed by atoms with Crippen LogP contribution in [0.25, 0.3) is 0 Å². The van der Waals surface area contributed by atoms with Gasteiger partial charge in [-0.2, -0.15) is 0 Å². The summed E-state index contributed by atoms with van der Waals surface area (Å²) in [6, 6.07) is 7.06. The molecule has 0 aromatic heterocycles. The van der Waals surface area contributed by atoms with Gasteiger partial charge in [-0.3, -0.25) is 28.8 Å². The van der Waals surface area contributed by atoms with Gasteiger partial charge in [0, 0.05) is 36.7 Å². The lowest BCUT2D eigenvalue weighted by atomic mass is 9.76. The lowest BCUT2D eigenvalue weighted by molar-refractivity contribution is -0.141. The average molecular weight is 982 g/mol. The van der Waals surface area contributed by atoms with E-state index in [9.17, 15) is 42.0 Å². The first-order chi connectivity index (χ1) is 31.9. The number of anilines is 1. The molecule has 0 spiro atoms. The number of nitrogens with two attached hydrogens (primary N) is 1. The van der Waals surface area contributed by atoms with E-state index >= 15 is 0 Å². The highest BCUT2D eigenvalue weighted by atomic mass is 32.2. The molecule has 19 heteroatoms. The van der Waals surface area contributed by atoms with Crippen LogP contribution in [0.2, 0.25) is 0 Å². The molecule has 0 radical (unpaired) electrons. The van der Waals surface area contributed by atoms with Crippen LogP contribution in [0.1, 0.15) is 119 Å². The number of nitrogens with one attached hydrogen (secondary N) is 7. The van der Waals surface area contributed by atoms with Crippen molar-refractivity contribution in [3.63, 3.8) is 0 Å². The van der Waals surface area contributed by atoms with Gasteiger partial charge in [-0.25, -0.2) is 17.9 Å². The van der Waals surface area contributed by atoms with Crippen molar-refractivity contribution in [3.8, 4) is 0 Å². The number of hydrogen-bond donors (Lipinski definition) is 8. The van der Waals surface area contributed by atoms with Crippen LogP contribution in [0.15, 0.2) is 59.0 Å². The highest BCUT2D eigenvalue weighted by Crippen LogP contribution is 2.30. The fourth-order valence-corrected chi connectivity index (χ4v) is 9.24. The number of primary amides is 1. The third kappa shape index (κ3) is 16.7. The molecule has 5 atom stereocenters. The lowest BCUT2D eigenvalue weighted by Gasteiger charge is -2.40. The molecule has 0 aliphatic heterocycles. The summed E-state index contributed by atoms with van der Waals surface area (Å²) in [5.41, 5.74) is 5.61. The number of urea groups is 1. The Hall–Kier alpha value is -5.82. The number of amides is 8. The highest BCUT2D eigenvalue weighted by Gasteiger charge is 2.42. The summed E-state index contributed by atoms with van der Waals surface area (Å²) < 4.78 is 29.8. The van der Waals surface area contributed by atoms with Crippen molar-refractivity contribution in [1.29, 1.82) is 0 Å². The summed E-state index contributed by atoms with van der Waals surface area (Å²) in [5, 5.41) is 16.8. The first kappa shape index (κ1) is 59.3. The molecule has 0 aliphatic rings. The Labute approximate surface area is 410 Å². The van der Waals surface area contributed by atoms with Crippen LogP contribution in [0.4, 0.5) is 10.5 Å². The molecule has 0 bridgehead atoms. The normalized spacial score (nSPS) is 14.4. The molecule has 0 saturated carbocycles. The van der Waals surface area contributed by atoms with Gasteiger partial charge in [0.25, 0.3) is 15.9 Å². The summed E-state index contributed by atoms with van der Waals surface area (Å²) in [6.45, 7) is 23.2. The van der Waals surface area contributed by atoms with Gasteiger partial charge in [-0.1, -0.05) is 106 Å². The van der Waals surface area contributed by atoms with E-state index in [-0.39, 0.29) is 71.2 Å². The Morgan fingerprint density at radius 1 is 0.797 bits per heavy atom. The van der Waals surface area contributed by atoms with Crippen LogP contribution >= 0.6 is 0 Å². The van der Waals surface area contributed by atoms with E-state index in [1.54, 1.807) is 34.9 Å². The summed E-state index contributed by atoms with van der Waals surface area (Å²) >= 11 is 0. The molecule has 2 aromatic carbocycles. The van der Waals surface area contributed by atoms with E-state index in [4.69, 9.17) is 5.73 Å². The zero-order chi connectivity index (χ0) is 52.8. The Morgan fingerprint density at radius 2 is 1.41 bits per heavy atom. The number of likely N-dealkylation sites (N-methyl/N-ethyl adjacent to an activating group) is 2. The van der Waals surface area contributed by atoms with Gasteiger partial charge in [0.1, 0.15) is 18.1 Å². The van der Waals surface area contributed by atoms with E-state index < -0.39 is 80.7 Å². The molecule has 2 rings (SSSR count). The van der Waals surface area contributed by atoms with Crippen molar-refractivity contribution in [2.75, 3.05) is 26.0 Å². The molecular formula is C50H79N9O9S. The van der Waals surface area contributed by atoms with Gasteiger partial charge in [0.05, 0.1) is 17.0 Å². The molecule has 8 amide bonds. The predicted octanol–water partition coefficient (Wildman–Crippen LogP) is 4.45. The molecule has 0 fully saturated rings. The molecule has 0 aliphatic carbocycles. The second kappa shape index (κ2) is 25.7. The fourth-order valence-electron chi connectivity index (χ4n) is 7.92. The van der Waals surface area contributed by atoms with Crippen LogP contribution < -0.4 is 42.4 Å². The van der Waals surface area contributed by atoms with Crippen molar-refractivity contribution in [1.82, 2.24) is 36.2 Å². The molecule has 2 unspecified atom stereocenters. The summed E-state index contributed by atoms with van der Waals surface area (Å²) in [6.07, 6.45) is 2.66. The topological polar surface area (TPSA) is 267 Å². The van der Waals surface area contributed by atoms with E-state index in [1.807, 2.05) is 85.7 Å². The van der Waals surface area contributed by atoms with Crippen molar-refractivity contribution in [3.05, 3.63) is 70.8 Å². The number of carbonyl (C=O) groups excluding carboxylic acids is 7. The number of benzene rings is 2. The second-order valence-corrected chi connectivity index (χ2v) is 21.6. The Balaban J connectivity index is 2.37. The Morgan fingerprint density at radius 3 is 1.93 bits per heavy atom.